The van der Waals surface area contributed by atoms with Crippen molar-refractivity contribution in [1.82, 2.24) is 15.2 Å². The molecule has 26 heavy (non-hydrogen) atoms. The van der Waals surface area contributed by atoms with Crippen LogP contribution in [0.25, 0.3) is 11.0 Å². The number of carbonyl (C=O) groups excluding carboxylic acids is 1. The molecule has 134 valence electrons. The number of aromatic nitrogens is 3. The van der Waals surface area contributed by atoms with Crippen LogP contribution >= 0.6 is 15.9 Å². The van der Waals surface area contributed by atoms with E-state index in [1.54, 1.807) is 0 Å². The summed E-state index contributed by atoms with van der Waals surface area (Å²) in [5.41, 5.74) is 3.35. The number of aryl methyl sites for hydroxylation is 2. The van der Waals surface area contributed by atoms with Gasteiger partial charge in [0, 0.05) is 4.47 Å². The first kappa shape index (κ1) is 16.8. The minimum absolute atomic E-state index is 0.161. The number of halogens is 1. The maximum atomic E-state index is 12.5. The zero-order chi connectivity index (χ0) is 18.3. The lowest BCUT2D eigenvalue weighted by atomic mass is 10.1. The van der Waals surface area contributed by atoms with E-state index in [1.807, 2.05) is 32.0 Å². The zero-order valence-electron chi connectivity index (χ0n) is 14.4. The maximum absolute atomic E-state index is 12.5. The van der Waals surface area contributed by atoms with Gasteiger partial charge in [-0.1, -0.05) is 6.07 Å². The Labute approximate surface area is 158 Å². The highest BCUT2D eigenvalue weighted by Gasteiger charge is 2.17. The molecular formula is C18H17BrN4O3. The van der Waals surface area contributed by atoms with Crippen molar-refractivity contribution >= 4 is 38.7 Å². The fraction of sp³-hybridized carbons (Fsp3) is 0.278. The standard InChI is InChI=1S/C18H17BrN4O3/c1-9-15-17(20-10(2)16(9)19)22-23-18(15)21-14(24)8-11-3-4-12-13(7-11)26-6-5-25-12/h3-4,7H,5-6,8H2,1-2H3,(H2,20,21,22,23,24). The van der Waals surface area contributed by atoms with E-state index in [-0.39, 0.29) is 12.3 Å². The quantitative estimate of drug-likeness (QED) is 0.683. The number of benzene rings is 1. The molecule has 0 unspecified atom stereocenters. The second kappa shape index (κ2) is 6.60. The first-order chi connectivity index (χ1) is 12.5. The van der Waals surface area contributed by atoms with Crippen LogP contribution in [0.15, 0.2) is 22.7 Å². The molecule has 4 rings (SSSR count). The van der Waals surface area contributed by atoms with Gasteiger partial charge < -0.3 is 14.8 Å². The highest BCUT2D eigenvalue weighted by atomic mass is 79.9. The molecule has 7 nitrogen and oxygen atoms in total. The molecule has 1 aromatic carbocycles. The van der Waals surface area contributed by atoms with Gasteiger partial charge in [0.05, 0.1) is 17.5 Å². The molecule has 0 spiro atoms. The van der Waals surface area contributed by atoms with Crippen molar-refractivity contribution in [3.8, 4) is 11.5 Å². The third-order valence-electron chi connectivity index (χ3n) is 4.28. The van der Waals surface area contributed by atoms with Crippen LogP contribution in [0.4, 0.5) is 5.82 Å². The third kappa shape index (κ3) is 3.01. The summed E-state index contributed by atoms with van der Waals surface area (Å²) in [5.74, 6) is 1.70. The number of aromatic amines is 1. The number of hydrogen-bond donors (Lipinski definition) is 2. The van der Waals surface area contributed by atoms with Gasteiger partial charge in [-0.25, -0.2) is 4.98 Å². The molecule has 1 aliphatic heterocycles. The Hall–Kier alpha value is -2.61. The normalized spacial score (nSPS) is 13.0. The first-order valence-electron chi connectivity index (χ1n) is 8.22. The molecule has 1 aliphatic rings. The van der Waals surface area contributed by atoms with Crippen molar-refractivity contribution in [3.05, 3.63) is 39.5 Å². The van der Waals surface area contributed by atoms with Crippen molar-refractivity contribution in [2.24, 2.45) is 0 Å². The molecule has 2 N–H and O–H groups in total. The van der Waals surface area contributed by atoms with E-state index in [1.165, 1.54) is 0 Å². The Morgan fingerprint density at radius 1 is 1.27 bits per heavy atom. The van der Waals surface area contributed by atoms with Gasteiger partial charge in [-0.3, -0.25) is 9.89 Å². The molecular weight excluding hydrogens is 400 g/mol. The van der Waals surface area contributed by atoms with Crippen LogP contribution in [-0.2, 0) is 11.2 Å². The number of carbonyl (C=O) groups is 1. The summed E-state index contributed by atoms with van der Waals surface area (Å²) in [7, 11) is 0. The van der Waals surface area contributed by atoms with Gasteiger partial charge in [0.2, 0.25) is 5.91 Å². The van der Waals surface area contributed by atoms with E-state index in [4.69, 9.17) is 9.47 Å². The summed E-state index contributed by atoms with van der Waals surface area (Å²) < 4.78 is 12.0. The Bertz CT molecular complexity index is 1020. The second-order valence-electron chi connectivity index (χ2n) is 6.13. The Morgan fingerprint density at radius 3 is 2.85 bits per heavy atom. The van der Waals surface area contributed by atoms with Crippen molar-refractivity contribution in [1.29, 1.82) is 0 Å². The summed E-state index contributed by atoms with van der Waals surface area (Å²) in [4.78, 5) is 16.9. The molecule has 0 saturated carbocycles. The molecule has 0 atom stereocenters. The van der Waals surface area contributed by atoms with Crippen molar-refractivity contribution in [2.45, 2.75) is 20.3 Å². The molecule has 2 aromatic heterocycles. The number of hydrogen-bond acceptors (Lipinski definition) is 5. The smallest absolute Gasteiger partial charge is 0.230 e. The minimum Gasteiger partial charge on any atom is -0.486 e. The summed E-state index contributed by atoms with van der Waals surface area (Å²) in [5, 5.41) is 10.7. The van der Waals surface area contributed by atoms with Gasteiger partial charge in [-0.2, -0.15) is 5.10 Å². The summed E-state index contributed by atoms with van der Waals surface area (Å²) in [6.07, 6.45) is 0.213. The largest absolute Gasteiger partial charge is 0.486 e. The zero-order valence-corrected chi connectivity index (χ0v) is 15.9. The number of ether oxygens (including phenoxy) is 2. The first-order valence-corrected chi connectivity index (χ1v) is 9.01. The van der Waals surface area contributed by atoms with Crippen LogP contribution in [-0.4, -0.2) is 34.3 Å². The number of fused-ring (bicyclic) bond motifs is 2. The monoisotopic (exact) mass is 416 g/mol. The fourth-order valence-electron chi connectivity index (χ4n) is 3.02. The number of pyridine rings is 1. The van der Waals surface area contributed by atoms with E-state index in [2.05, 4.69) is 36.4 Å². The molecule has 8 heteroatoms. The van der Waals surface area contributed by atoms with Crippen LogP contribution in [0.2, 0.25) is 0 Å². The van der Waals surface area contributed by atoms with Crippen molar-refractivity contribution < 1.29 is 14.3 Å². The summed E-state index contributed by atoms with van der Waals surface area (Å²) in [6, 6.07) is 5.53. The van der Waals surface area contributed by atoms with E-state index in [0.717, 1.165) is 26.7 Å². The molecule has 0 bridgehead atoms. The van der Waals surface area contributed by atoms with Crippen LogP contribution in [0.1, 0.15) is 16.8 Å². The molecule has 3 aromatic rings. The Balaban J connectivity index is 1.55. The fourth-order valence-corrected chi connectivity index (χ4v) is 3.30. The van der Waals surface area contributed by atoms with Crippen LogP contribution in [0, 0.1) is 13.8 Å². The minimum atomic E-state index is -0.161. The van der Waals surface area contributed by atoms with Crippen molar-refractivity contribution in [3.63, 3.8) is 0 Å². The Kier molecular flexibility index (Phi) is 4.28. The lowest BCUT2D eigenvalue weighted by Gasteiger charge is -2.18. The number of rotatable bonds is 3. The number of anilines is 1. The average molecular weight is 417 g/mol. The van der Waals surface area contributed by atoms with E-state index < -0.39 is 0 Å². The number of H-pyrrole nitrogens is 1. The number of nitrogens with zero attached hydrogens (tertiary/aromatic N) is 2. The van der Waals surface area contributed by atoms with Gasteiger partial charge in [0.15, 0.2) is 23.0 Å². The maximum Gasteiger partial charge on any atom is 0.230 e. The van der Waals surface area contributed by atoms with Gasteiger partial charge in [-0.05, 0) is 53.0 Å². The van der Waals surface area contributed by atoms with E-state index in [9.17, 15) is 4.79 Å². The van der Waals surface area contributed by atoms with E-state index in [0.29, 0.717) is 36.2 Å². The van der Waals surface area contributed by atoms with Crippen molar-refractivity contribution in [2.75, 3.05) is 18.5 Å². The number of amides is 1. The molecule has 0 fully saturated rings. The highest BCUT2D eigenvalue weighted by Crippen LogP contribution is 2.32. The molecule has 1 amide bonds. The topological polar surface area (TPSA) is 89.1 Å². The van der Waals surface area contributed by atoms with Crippen LogP contribution in [0.3, 0.4) is 0 Å². The molecule has 0 radical (unpaired) electrons. The summed E-state index contributed by atoms with van der Waals surface area (Å²) >= 11 is 3.53. The van der Waals surface area contributed by atoms with E-state index >= 15 is 0 Å². The predicted octanol–water partition coefficient (Wildman–Crippen LogP) is 3.29. The second-order valence-corrected chi connectivity index (χ2v) is 6.93. The lowest BCUT2D eigenvalue weighted by Crippen LogP contribution is -2.17. The van der Waals surface area contributed by atoms with Gasteiger partial charge >= 0.3 is 0 Å². The van der Waals surface area contributed by atoms with Gasteiger partial charge in [0.25, 0.3) is 0 Å². The van der Waals surface area contributed by atoms with Crippen LogP contribution < -0.4 is 14.8 Å². The molecule has 3 heterocycles. The third-order valence-corrected chi connectivity index (χ3v) is 5.45. The SMILES string of the molecule is Cc1nc2[nH]nc(NC(=O)Cc3ccc4c(c3)OCCO4)c2c(C)c1Br. The van der Waals surface area contributed by atoms with Gasteiger partial charge in [-0.15, -0.1) is 0 Å². The molecule has 0 aliphatic carbocycles. The van der Waals surface area contributed by atoms with Crippen LogP contribution in [0.5, 0.6) is 11.5 Å². The number of nitrogens with one attached hydrogen (secondary N) is 2. The molecule has 0 saturated heterocycles. The Morgan fingerprint density at radius 2 is 2.04 bits per heavy atom. The predicted molar refractivity (Wildman–Crippen MR) is 101 cm³/mol. The summed E-state index contributed by atoms with van der Waals surface area (Å²) in [6.45, 7) is 4.94. The lowest BCUT2D eigenvalue weighted by molar-refractivity contribution is -0.115. The van der Waals surface area contributed by atoms with Gasteiger partial charge in [0.1, 0.15) is 13.2 Å². The average Bonchev–Trinajstić information content (AvgIpc) is 3.02. The highest BCUT2D eigenvalue weighted by molar-refractivity contribution is 9.10.